The minimum absolute atomic E-state index is 0.126. The van der Waals surface area contributed by atoms with Gasteiger partial charge in [0.2, 0.25) is 5.95 Å². The molecule has 2 rings (SSSR count). The number of hydrogen-bond donors (Lipinski definition) is 2. The first-order valence-electron chi connectivity index (χ1n) is 4.00. The molecule has 0 saturated carbocycles. The van der Waals surface area contributed by atoms with Crippen LogP contribution in [0.15, 0.2) is 18.2 Å². The van der Waals surface area contributed by atoms with Crippen LogP contribution in [0.2, 0.25) is 10.0 Å². The van der Waals surface area contributed by atoms with E-state index in [-0.39, 0.29) is 5.95 Å². The van der Waals surface area contributed by atoms with Gasteiger partial charge in [0.25, 0.3) is 0 Å². The molecule has 0 atom stereocenters. The van der Waals surface area contributed by atoms with E-state index in [4.69, 9.17) is 34.8 Å². The van der Waals surface area contributed by atoms with Crippen LogP contribution in [0.3, 0.4) is 0 Å². The largest absolute Gasteiger partial charge is 0.366 e. The third-order valence-corrected chi connectivity index (χ3v) is 2.28. The number of nitrogen functional groups attached to an aromatic ring is 2. The van der Waals surface area contributed by atoms with Gasteiger partial charge in [-0.25, -0.2) is 4.68 Å². The molecule has 0 amide bonds. The Morgan fingerprint density at radius 2 is 1.67 bits per heavy atom. The molecule has 1 heterocycles. The molecule has 15 heavy (non-hydrogen) atoms. The molecule has 0 aliphatic rings. The number of benzene rings is 1. The van der Waals surface area contributed by atoms with Crippen LogP contribution < -0.4 is 11.6 Å². The number of nitrogens with zero attached hydrogens (tertiary/aromatic N) is 3. The molecule has 0 radical (unpaired) electrons. The van der Waals surface area contributed by atoms with Gasteiger partial charge in [-0.3, -0.25) is 0 Å². The molecule has 1 aromatic heterocycles. The van der Waals surface area contributed by atoms with Gasteiger partial charge in [0, 0.05) is 15.6 Å². The van der Waals surface area contributed by atoms with Gasteiger partial charge in [0.05, 0.1) is 0 Å². The fourth-order valence-corrected chi connectivity index (χ4v) is 1.71. The van der Waals surface area contributed by atoms with Crippen LogP contribution in [0, 0.1) is 0 Å². The summed E-state index contributed by atoms with van der Waals surface area (Å²) in [4.78, 5) is 0. The lowest BCUT2D eigenvalue weighted by atomic mass is 10.2. The first kappa shape index (κ1) is 10.1. The summed E-state index contributed by atoms with van der Waals surface area (Å²) >= 11 is 11.7. The van der Waals surface area contributed by atoms with Crippen LogP contribution in [-0.2, 0) is 0 Å². The molecule has 0 fully saturated rings. The normalized spacial score (nSPS) is 10.5. The quantitative estimate of drug-likeness (QED) is 0.745. The van der Waals surface area contributed by atoms with Crippen molar-refractivity contribution in [3.63, 3.8) is 0 Å². The summed E-state index contributed by atoms with van der Waals surface area (Å²) in [5.41, 5.74) is 6.12. The Bertz CT molecular complexity index is 487. The number of hydrogen-bond acceptors (Lipinski definition) is 4. The highest BCUT2D eigenvalue weighted by Crippen LogP contribution is 2.25. The van der Waals surface area contributed by atoms with Gasteiger partial charge < -0.3 is 11.6 Å². The van der Waals surface area contributed by atoms with Crippen LogP contribution in [-0.4, -0.2) is 14.9 Å². The first-order chi connectivity index (χ1) is 7.08. The monoisotopic (exact) mass is 243 g/mol. The maximum absolute atomic E-state index is 5.85. The van der Waals surface area contributed by atoms with Crippen LogP contribution in [0.25, 0.3) is 11.4 Å². The van der Waals surface area contributed by atoms with Crippen molar-refractivity contribution >= 4 is 29.2 Å². The Morgan fingerprint density at radius 1 is 1.07 bits per heavy atom. The minimum Gasteiger partial charge on any atom is -0.366 e. The van der Waals surface area contributed by atoms with Crippen LogP contribution >= 0.6 is 23.2 Å². The molecular weight excluding hydrogens is 237 g/mol. The van der Waals surface area contributed by atoms with E-state index < -0.39 is 0 Å². The Kier molecular flexibility index (Phi) is 2.42. The molecule has 0 spiro atoms. The SMILES string of the molecule is Nc1nnc(-c2cc(Cl)cc(Cl)c2)n1N. The van der Waals surface area contributed by atoms with Crippen molar-refractivity contribution in [2.24, 2.45) is 0 Å². The summed E-state index contributed by atoms with van der Waals surface area (Å²) in [6.07, 6.45) is 0. The van der Waals surface area contributed by atoms with Crippen molar-refractivity contribution in [1.29, 1.82) is 0 Å². The van der Waals surface area contributed by atoms with Crippen LogP contribution in [0.5, 0.6) is 0 Å². The zero-order valence-electron chi connectivity index (χ0n) is 7.48. The Morgan fingerprint density at radius 3 is 2.13 bits per heavy atom. The molecule has 0 aliphatic carbocycles. The number of aromatic nitrogens is 3. The van der Waals surface area contributed by atoms with E-state index in [9.17, 15) is 0 Å². The average molecular weight is 244 g/mol. The zero-order chi connectivity index (χ0) is 11.0. The highest BCUT2D eigenvalue weighted by Gasteiger charge is 2.10. The fraction of sp³-hybridized carbons (Fsp3) is 0. The highest BCUT2D eigenvalue weighted by molar-refractivity contribution is 6.35. The van der Waals surface area contributed by atoms with Gasteiger partial charge in [-0.15, -0.1) is 10.2 Å². The molecule has 4 N–H and O–H groups in total. The second kappa shape index (κ2) is 3.60. The maximum Gasteiger partial charge on any atom is 0.241 e. The molecule has 0 unspecified atom stereocenters. The highest BCUT2D eigenvalue weighted by atomic mass is 35.5. The van der Waals surface area contributed by atoms with E-state index in [0.717, 1.165) is 0 Å². The second-order valence-electron chi connectivity index (χ2n) is 2.91. The maximum atomic E-state index is 5.85. The lowest BCUT2D eigenvalue weighted by Crippen LogP contribution is -2.13. The van der Waals surface area contributed by atoms with Crippen LogP contribution in [0.1, 0.15) is 0 Å². The predicted octanol–water partition coefficient (Wildman–Crippen LogP) is 1.55. The summed E-state index contributed by atoms with van der Waals surface area (Å²) in [6, 6.07) is 4.98. The summed E-state index contributed by atoms with van der Waals surface area (Å²) in [5.74, 6) is 6.16. The van der Waals surface area contributed by atoms with Crippen molar-refractivity contribution in [2.45, 2.75) is 0 Å². The van der Waals surface area contributed by atoms with E-state index in [2.05, 4.69) is 10.2 Å². The van der Waals surface area contributed by atoms with E-state index in [0.29, 0.717) is 21.4 Å². The van der Waals surface area contributed by atoms with Crippen molar-refractivity contribution in [3.05, 3.63) is 28.2 Å². The molecule has 0 saturated heterocycles. The fourth-order valence-electron chi connectivity index (χ4n) is 1.18. The molecule has 78 valence electrons. The Labute approximate surface area is 95.6 Å². The summed E-state index contributed by atoms with van der Waals surface area (Å²) in [7, 11) is 0. The molecule has 2 aromatic rings. The lowest BCUT2D eigenvalue weighted by Gasteiger charge is -2.02. The molecule has 1 aromatic carbocycles. The van der Waals surface area contributed by atoms with Crippen molar-refractivity contribution < 1.29 is 0 Å². The summed E-state index contributed by atoms with van der Waals surface area (Å²) in [6.45, 7) is 0. The zero-order valence-corrected chi connectivity index (χ0v) is 9.00. The van der Waals surface area contributed by atoms with E-state index in [1.165, 1.54) is 4.68 Å². The third kappa shape index (κ3) is 1.84. The van der Waals surface area contributed by atoms with Gasteiger partial charge in [-0.05, 0) is 18.2 Å². The molecule has 0 bridgehead atoms. The van der Waals surface area contributed by atoms with E-state index in [1.807, 2.05) is 0 Å². The van der Waals surface area contributed by atoms with Crippen molar-refractivity contribution in [1.82, 2.24) is 14.9 Å². The van der Waals surface area contributed by atoms with Gasteiger partial charge >= 0.3 is 0 Å². The third-order valence-electron chi connectivity index (χ3n) is 1.84. The van der Waals surface area contributed by atoms with E-state index in [1.54, 1.807) is 18.2 Å². The smallest absolute Gasteiger partial charge is 0.241 e. The standard InChI is InChI=1S/C8H7Cl2N5/c9-5-1-4(2-6(10)3-5)7-13-14-8(11)15(7)12/h1-3H,12H2,(H2,11,14). The van der Waals surface area contributed by atoms with Gasteiger partial charge in [0.1, 0.15) is 0 Å². The number of halogens is 2. The van der Waals surface area contributed by atoms with Crippen molar-refractivity contribution in [2.75, 3.05) is 11.6 Å². The molecular formula is C8H7Cl2N5. The average Bonchev–Trinajstić information content (AvgIpc) is 2.46. The topological polar surface area (TPSA) is 82.8 Å². The number of rotatable bonds is 1. The summed E-state index contributed by atoms with van der Waals surface area (Å²) in [5, 5.41) is 8.44. The first-order valence-corrected chi connectivity index (χ1v) is 4.76. The van der Waals surface area contributed by atoms with E-state index >= 15 is 0 Å². The molecule has 7 heteroatoms. The Balaban J connectivity index is 2.58. The van der Waals surface area contributed by atoms with Gasteiger partial charge in [-0.1, -0.05) is 23.2 Å². The van der Waals surface area contributed by atoms with Crippen molar-refractivity contribution in [3.8, 4) is 11.4 Å². The number of anilines is 1. The van der Waals surface area contributed by atoms with Crippen LogP contribution in [0.4, 0.5) is 5.95 Å². The van der Waals surface area contributed by atoms with Gasteiger partial charge in [-0.2, -0.15) is 0 Å². The second-order valence-corrected chi connectivity index (χ2v) is 3.78. The molecule has 5 nitrogen and oxygen atoms in total. The number of nitrogens with two attached hydrogens (primary N) is 2. The predicted molar refractivity (Wildman–Crippen MR) is 60.0 cm³/mol. The molecule has 0 aliphatic heterocycles. The Hall–Kier alpha value is -1.46. The summed E-state index contributed by atoms with van der Waals surface area (Å²) < 4.78 is 1.17. The minimum atomic E-state index is 0.126. The lowest BCUT2D eigenvalue weighted by molar-refractivity contribution is 1.02. The van der Waals surface area contributed by atoms with Gasteiger partial charge in [0.15, 0.2) is 5.82 Å².